The first kappa shape index (κ1) is 10.6. The van der Waals surface area contributed by atoms with Crippen LogP contribution < -0.4 is 4.72 Å². The van der Waals surface area contributed by atoms with E-state index < -0.39 is 15.8 Å². The lowest BCUT2D eigenvalue weighted by Gasteiger charge is -2.12. The highest BCUT2D eigenvalue weighted by atomic mass is 32.2. The van der Waals surface area contributed by atoms with Crippen LogP contribution in [0.15, 0.2) is 29.2 Å². The maximum Gasteiger partial charge on any atom is 0.243 e. The highest BCUT2D eigenvalue weighted by Crippen LogP contribution is 2.36. The second-order valence-corrected chi connectivity index (χ2v) is 5.75. The Morgan fingerprint density at radius 2 is 1.93 bits per heavy atom. The van der Waals surface area contributed by atoms with Crippen molar-refractivity contribution in [1.82, 2.24) is 4.72 Å². The van der Waals surface area contributed by atoms with Crippen LogP contribution in [-0.4, -0.2) is 14.0 Å². The van der Waals surface area contributed by atoms with E-state index in [0.717, 1.165) is 18.9 Å². The van der Waals surface area contributed by atoms with Gasteiger partial charge in [-0.15, -0.1) is 0 Å². The molecule has 0 radical (unpaired) electrons. The van der Waals surface area contributed by atoms with E-state index in [2.05, 4.69) is 4.72 Å². The van der Waals surface area contributed by atoms with E-state index in [1.807, 2.05) is 6.92 Å². The van der Waals surface area contributed by atoms with Gasteiger partial charge >= 0.3 is 0 Å². The quantitative estimate of drug-likeness (QED) is 0.856. The summed E-state index contributed by atoms with van der Waals surface area (Å²) in [5, 5.41) is 0. The molecule has 0 aliphatic heterocycles. The van der Waals surface area contributed by atoms with Crippen molar-refractivity contribution in [3.63, 3.8) is 0 Å². The van der Waals surface area contributed by atoms with Crippen LogP contribution in [-0.2, 0) is 10.0 Å². The summed E-state index contributed by atoms with van der Waals surface area (Å²) in [5.74, 6) is -0.714. The van der Waals surface area contributed by atoms with Crippen LogP contribution in [0.4, 0.5) is 4.39 Å². The van der Waals surface area contributed by atoms with Crippen molar-refractivity contribution in [3.05, 3.63) is 30.1 Å². The number of rotatable bonds is 3. The summed E-state index contributed by atoms with van der Waals surface area (Å²) < 4.78 is 39.3. The van der Waals surface area contributed by atoms with Gasteiger partial charge in [0.1, 0.15) is 10.7 Å². The predicted octanol–water partition coefficient (Wildman–Crippen LogP) is 1.66. The zero-order valence-electron chi connectivity index (χ0n) is 8.33. The fourth-order valence-corrected chi connectivity index (χ4v) is 2.88. The van der Waals surface area contributed by atoms with Gasteiger partial charge in [0.05, 0.1) is 0 Å². The molecule has 2 rings (SSSR count). The van der Waals surface area contributed by atoms with E-state index in [1.54, 1.807) is 0 Å². The molecule has 1 fully saturated rings. The average molecular weight is 229 g/mol. The minimum absolute atomic E-state index is 0.280. The van der Waals surface area contributed by atoms with Gasteiger partial charge in [-0.2, -0.15) is 0 Å². The average Bonchev–Trinajstić information content (AvgIpc) is 2.82. The first-order valence-corrected chi connectivity index (χ1v) is 6.20. The molecule has 5 heteroatoms. The van der Waals surface area contributed by atoms with Crippen molar-refractivity contribution in [1.29, 1.82) is 0 Å². The lowest BCUT2D eigenvalue weighted by molar-refractivity contribution is 0.540. The largest absolute Gasteiger partial charge is 0.243 e. The van der Waals surface area contributed by atoms with E-state index in [9.17, 15) is 12.8 Å². The molecule has 0 heterocycles. The Labute approximate surface area is 88.4 Å². The molecule has 0 saturated heterocycles. The van der Waals surface area contributed by atoms with Crippen LogP contribution in [0.2, 0.25) is 0 Å². The van der Waals surface area contributed by atoms with Crippen LogP contribution in [0.3, 0.4) is 0 Å². The van der Waals surface area contributed by atoms with Gasteiger partial charge in [-0.25, -0.2) is 17.5 Å². The Morgan fingerprint density at radius 1 is 1.33 bits per heavy atom. The molecule has 1 aromatic carbocycles. The van der Waals surface area contributed by atoms with Crippen molar-refractivity contribution in [2.24, 2.45) is 0 Å². The highest BCUT2D eigenvalue weighted by Gasteiger charge is 2.41. The number of hydrogen-bond donors (Lipinski definition) is 1. The SMILES string of the molecule is CC1(NS(=O)(=O)c2ccccc2F)CC1. The third-order valence-corrected chi connectivity index (χ3v) is 4.18. The molecule has 1 saturated carbocycles. The van der Waals surface area contributed by atoms with Crippen molar-refractivity contribution in [3.8, 4) is 0 Å². The van der Waals surface area contributed by atoms with Gasteiger partial charge in [0, 0.05) is 5.54 Å². The summed E-state index contributed by atoms with van der Waals surface area (Å²) in [6.45, 7) is 1.81. The van der Waals surface area contributed by atoms with Crippen molar-refractivity contribution >= 4 is 10.0 Å². The van der Waals surface area contributed by atoms with E-state index in [4.69, 9.17) is 0 Å². The minimum Gasteiger partial charge on any atom is -0.207 e. The van der Waals surface area contributed by atoms with E-state index >= 15 is 0 Å². The number of nitrogens with one attached hydrogen (secondary N) is 1. The number of sulfonamides is 1. The summed E-state index contributed by atoms with van der Waals surface area (Å²) in [6.07, 6.45) is 1.61. The second kappa shape index (κ2) is 3.28. The standard InChI is InChI=1S/C10H12FNO2S/c1-10(6-7-10)12-15(13,14)9-5-3-2-4-8(9)11/h2-5,12H,6-7H2,1H3. The summed E-state index contributed by atoms with van der Waals surface area (Å²) >= 11 is 0. The zero-order valence-corrected chi connectivity index (χ0v) is 9.14. The predicted molar refractivity (Wildman–Crippen MR) is 54.4 cm³/mol. The van der Waals surface area contributed by atoms with E-state index in [-0.39, 0.29) is 10.4 Å². The van der Waals surface area contributed by atoms with Crippen LogP contribution in [0.5, 0.6) is 0 Å². The molecule has 0 bridgehead atoms. The van der Waals surface area contributed by atoms with Gasteiger partial charge in [0.15, 0.2) is 0 Å². The number of hydrogen-bond acceptors (Lipinski definition) is 2. The molecule has 15 heavy (non-hydrogen) atoms. The fraction of sp³-hybridized carbons (Fsp3) is 0.400. The first-order chi connectivity index (χ1) is 6.93. The van der Waals surface area contributed by atoms with Crippen molar-refractivity contribution < 1.29 is 12.8 Å². The smallest absolute Gasteiger partial charge is 0.207 e. The topological polar surface area (TPSA) is 46.2 Å². The Morgan fingerprint density at radius 3 is 2.47 bits per heavy atom. The maximum atomic E-state index is 13.3. The Balaban J connectivity index is 2.33. The number of benzene rings is 1. The molecule has 0 amide bonds. The fourth-order valence-electron chi connectivity index (χ4n) is 1.33. The van der Waals surface area contributed by atoms with Crippen LogP contribution in [0.25, 0.3) is 0 Å². The molecule has 0 atom stereocenters. The Kier molecular flexibility index (Phi) is 2.31. The molecule has 82 valence electrons. The lowest BCUT2D eigenvalue weighted by Crippen LogP contribution is -2.34. The molecular weight excluding hydrogens is 217 g/mol. The normalized spacial score (nSPS) is 18.8. The summed E-state index contributed by atoms with van der Waals surface area (Å²) in [5.41, 5.74) is -0.374. The molecule has 1 N–H and O–H groups in total. The summed E-state index contributed by atoms with van der Waals surface area (Å²) in [7, 11) is -3.71. The molecule has 3 nitrogen and oxygen atoms in total. The maximum absolute atomic E-state index is 13.3. The second-order valence-electron chi connectivity index (χ2n) is 4.10. The van der Waals surface area contributed by atoms with Gasteiger partial charge in [-0.1, -0.05) is 12.1 Å². The van der Waals surface area contributed by atoms with Crippen molar-refractivity contribution in [2.75, 3.05) is 0 Å². The first-order valence-electron chi connectivity index (χ1n) is 4.72. The monoisotopic (exact) mass is 229 g/mol. The van der Waals surface area contributed by atoms with Crippen molar-refractivity contribution in [2.45, 2.75) is 30.2 Å². The Bertz CT molecular complexity index is 480. The highest BCUT2D eigenvalue weighted by molar-refractivity contribution is 7.89. The molecule has 0 unspecified atom stereocenters. The molecular formula is C10H12FNO2S. The van der Waals surface area contributed by atoms with Gasteiger partial charge in [-0.05, 0) is 31.9 Å². The molecule has 1 aromatic rings. The van der Waals surface area contributed by atoms with Gasteiger partial charge in [0.25, 0.3) is 0 Å². The third-order valence-electron chi connectivity index (χ3n) is 2.51. The van der Waals surface area contributed by atoms with Gasteiger partial charge in [0.2, 0.25) is 10.0 Å². The van der Waals surface area contributed by atoms with E-state index in [1.165, 1.54) is 18.2 Å². The van der Waals surface area contributed by atoms with Gasteiger partial charge in [-0.3, -0.25) is 0 Å². The summed E-state index contributed by atoms with van der Waals surface area (Å²) in [6, 6.07) is 5.38. The van der Waals surface area contributed by atoms with Crippen LogP contribution in [0.1, 0.15) is 19.8 Å². The minimum atomic E-state index is -3.71. The molecule has 0 spiro atoms. The van der Waals surface area contributed by atoms with Crippen LogP contribution in [0, 0.1) is 5.82 Å². The third kappa shape index (κ3) is 2.18. The molecule has 1 aliphatic carbocycles. The Hall–Kier alpha value is -0.940. The molecule has 0 aromatic heterocycles. The number of halogens is 1. The zero-order chi connectivity index (χ0) is 11.1. The van der Waals surface area contributed by atoms with E-state index in [0.29, 0.717) is 0 Å². The van der Waals surface area contributed by atoms with Gasteiger partial charge < -0.3 is 0 Å². The lowest BCUT2D eigenvalue weighted by atomic mass is 10.3. The summed E-state index contributed by atoms with van der Waals surface area (Å²) in [4.78, 5) is -0.280. The van der Waals surface area contributed by atoms with Crippen LogP contribution >= 0.6 is 0 Å². The molecule has 1 aliphatic rings.